The van der Waals surface area contributed by atoms with E-state index >= 15 is 0 Å². The maximum atomic E-state index is 12.0. The summed E-state index contributed by atoms with van der Waals surface area (Å²) in [5.74, 6) is 1.04. The van der Waals surface area contributed by atoms with Gasteiger partial charge in [0.05, 0.1) is 5.75 Å². The third-order valence-electron chi connectivity index (χ3n) is 3.15. The van der Waals surface area contributed by atoms with E-state index in [1.165, 1.54) is 11.8 Å². The molecular weight excluding hydrogens is 326 g/mol. The van der Waals surface area contributed by atoms with Crippen LogP contribution >= 0.6 is 11.8 Å². The average molecular weight is 341 g/mol. The van der Waals surface area contributed by atoms with Gasteiger partial charge in [-0.1, -0.05) is 5.16 Å². The highest BCUT2D eigenvalue weighted by molar-refractivity contribution is 8.00. The third kappa shape index (κ3) is 4.17. The zero-order chi connectivity index (χ0) is 16.8. The summed E-state index contributed by atoms with van der Waals surface area (Å²) in [6.45, 7) is 1.80. The second kappa shape index (κ2) is 7.69. The molecule has 0 radical (unpaired) electrons. The van der Waals surface area contributed by atoms with Gasteiger partial charge in [0.2, 0.25) is 17.6 Å². The molecule has 0 saturated heterocycles. The van der Waals surface area contributed by atoms with Gasteiger partial charge in [-0.2, -0.15) is 4.98 Å². The minimum atomic E-state index is -0.362. The zero-order valence-corrected chi connectivity index (χ0v) is 13.7. The summed E-state index contributed by atoms with van der Waals surface area (Å²) >= 11 is 1.44. The van der Waals surface area contributed by atoms with Crippen LogP contribution in [0.2, 0.25) is 0 Å². The lowest BCUT2D eigenvalue weighted by Crippen LogP contribution is -2.28. The van der Waals surface area contributed by atoms with Crippen LogP contribution in [0.25, 0.3) is 11.4 Å². The van der Waals surface area contributed by atoms with E-state index in [1.807, 2.05) is 12.1 Å². The molecule has 0 aliphatic heterocycles. The lowest BCUT2D eigenvalue weighted by atomic mass is 10.2. The first-order chi connectivity index (χ1) is 11.7. The van der Waals surface area contributed by atoms with Gasteiger partial charge in [-0.05, 0) is 31.2 Å². The van der Waals surface area contributed by atoms with Crippen LogP contribution < -0.4 is 5.32 Å². The Morgan fingerprint density at radius 2 is 1.83 bits per heavy atom. The lowest BCUT2D eigenvalue weighted by Gasteiger charge is -2.09. The smallest absolute Gasteiger partial charge is 0.249 e. The summed E-state index contributed by atoms with van der Waals surface area (Å²) in [5.41, 5.74) is 0.812. The van der Waals surface area contributed by atoms with Crippen molar-refractivity contribution in [3.8, 4) is 11.4 Å². The molecule has 0 spiro atoms. The Kier molecular flexibility index (Phi) is 5.17. The first kappa shape index (κ1) is 16.1. The Balaban J connectivity index is 1.56. The maximum absolute atomic E-state index is 12.0. The van der Waals surface area contributed by atoms with Crippen molar-refractivity contribution in [3.63, 3.8) is 0 Å². The molecular formula is C16H15N5O2S. The first-order valence-corrected chi connectivity index (χ1v) is 8.27. The first-order valence-electron chi connectivity index (χ1n) is 7.28. The minimum absolute atomic E-state index is 0.104. The third-order valence-corrected chi connectivity index (χ3v) is 4.16. The van der Waals surface area contributed by atoms with Gasteiger partial charge in [-0.25, -0.2) is 0 Å². The molecule has 0 aliphatic carbocycles. The molecule has 0 saturated carbocycles. The number of nitrogens with zero attached hydrogens (tertiary/aromatic N) is 4. The van der Waals surface area contributed by atoms with E-state index in [-0.39, 0.29) is 11.9 Å². The number of carbonyl (C=O) groups is 1. The second-order valence-corrected chi connectivity index (χ2v) is 6.00. The number of hydrogen-bond donors (Lipinski definition) is 1. The predicted octanol–water partition coefficient (Wildman–Crippen LogP) is 2.50. The molecule has 0 bridgehead atoms. The Labute approximate surface area is 142 Å². The quantitative estimate of drug-likeness (QED) is 0.688. The van der Waals surface area contributed by atoms with Crippen LogP contribution in [-0.4, -0.2) is 31.8 Å². The van der Waals surface area contributed by atoms with Crippen LogP contribution in [0.1, 0.15) is 18.9 Å². The fourth-order valence-electron chi connectivity index (χ4n) is 1.96. The van der Waals surface area contributed by atoms with Gasteiger partial charge in [-0.3, -0.25) is 14.8 Å². The molecule has 3 rings (SSSR count). The van der Waals surface area contributed by atoms with Crippen LogP contribution in [0.3, 0.4) is 0 Å². The van der Waals surface area contributed by atoms with Gasteiger partial charge in [-0.15, -0.1) is 11.8 Å². The van der Waals surface area contributed by atoms with Crippen molar-refractivity contribution in [1.82, 2.24) is 25.4 Å². The van der Waals surface area contributed by atoms with Gasteiger partial charge in [0.25, 0.3) is 0 Å². The molecule has 0 aliphatic rings. The molecule has 0 aromatic carbocycles. The highest BCUT2D eigenvalue weighted by atomic mass is 32.2. The molecule has 7 nitrogen and oxygen atoms in total. The van der Waals surface area contributed by atoms with E-state index in [0.717, 1.165) is 10.5 Å². The fraction of sp³-hybridized carbons (Fsp3) is 0.188. The van der Waals surface area contributed by atoms with Crippen LogP contribution in [0.4, 0.5) is 0 Å². The Morgan fingerprint density at radius 1 is 1.17 bits per heavy atom. The molecule has 1 N–H and O–H groups in total. The molecule has 24 heavy (non-hydrogen) atoms. The molecule has 1 amide bonds. The Bertz CT molecular complexity index is 794. The largest absolute Gasteiger partial charge is 0.344 e. The Hall–Kier alpha value is -2.74. The van der Waals surface area contributed by atoms with Gasteiger partial charge in [0, 0.05) is 35.2 Å². The number of hydrogen-bond acceptors (Lipinski definition) is 7. The summed E-state index contributed by atoms with van der Waals surface area (Å²) < 4.78 is 5.23. The number of amides is 1. The fourth-order valence-corrected chi connectivity index (χ4v) is 2.65. The van der Waals surface area contributed by atoms with E-state index in [0.29, 0.717) is 17.5 Å². The summed E-state index contributed by atoms with van der Waals surface area (Å²) in [7, 11) is 0. The van der Waals surface area contributed by atoms with Crippen molar-refractivity contribution in [1.29, 1.82) is 0 Å². The SMILES string of the molecule is C[C@@H](NC(=O)CSc1ccncc1)c1nc(-c2ccncc2)no1. The molecule has 1 atom stereocenters. The van der Waals surface area contributed by atoms with Crippen molar-refractivity contribution in [3.05, 3.63) is 54.9 Å². The van der Waals surface area contributed by atoms with Gasteiger partial charge in [0.15, 0.2) is 0 Å². The van der Waals surface area contributed by atoms with Crippen LogP contribution in [-0.2, 0) is 4.79 Å². The van der Waals surface area contributed by atoms with E-state index in [9.17, 15) is 4.79 Å². The van der Waals surface area contributed by atoms with Gasteiger partial charge >= 0.3 is 0 Å². The zero-order valence-electron chi connectivity index (χ0n) is 12.9. The Morgan fingerprint density at radius 3 is 2.54 bits per heavy atom. The van der Waals surface area contributed by atoms with Crippen molar-refractivity contribution in [2.75, 3.05) is 5.75 Å². The summed E-state index contributed by atoms with van der Waals surface area (Å²) in [6.07, 6.45) is 6.71. The standard InChI is InChI=1S/C16H15N5O2S/c1-11(19-14(22)10-24-13-4-8-18-9-5-13)16-20-15(21-23-16)12-2-6-17-7-3-12/h2-9,11H,10H2,1H3,(H,19,22)/t11-/m1/s1. The van der Waals surface area contributed by atoms with Gasteiger partial charge < -0.3 is 9.84 Å². The predicted molar refractivity (Wildman–Crippen MR) is 89.0 cm³/mol. The van der Waals surface area contributed by atoms with Crippen molar-refractivity contribution in [2.45, 2.75) is 17.9 Å². The average Bonchev–Trinajstić information content (AvgIpc) is 3.12. The molecule has 3 aromatic rings. The number of pyridine rings is 2. The van der Waals surface area contributed by atoms with Crippen molar-refractivity contribution in [2.24, 2.45) is 0 Å². The van der Waals surface area contributed by atoms with Crippen LogP contribution in [0, 0.1) is 0 Å². The molecule has 3 heterocycles. The number of aromatic nitrogens is 4. The number of rotatable bonds is 6. The molecule has 8 heteroatoms. The second-order valence-electron chi connectivity index (χ2n) is 4.95. The molecule has 122 valence electrons. The van der Waals surface area contributed by atoms with Gasteiger partial charge in [0.1, 0.15) is 6.04 Å². The van der Waals surface area contributed by atoms with E-state index in [4.69, 9.17) is 4.52 Å². The van der Waals surface area contributed by atoms with E-state index in [1.54, 1.807) is 43.8 Å². The van der Waals surface area contributed by atoms with Crippen LogP contribution in [0.5, 0.6) is 0 Å². The van der Waals surface area contributed by atoms with Crippen molar-refractivity contribution < 1.29 is 9.32 Å². The highest BCUT2D eigenvalue weighted by Gasteiger charge is 2.17. The van der Waals surface area contributed by atoms with E-state index < -0.39 is 0 Å². The highest BCUT2D eigenvalue weighted by Crippen LogP contribution is 2.19. The number of carbonyl (C=O) groups excluding carboxylic acids is 1. The normalized spacial score (nSPS) is 11.9. The topological polar surface area (TPSA) is 93.8 Å². The lowest BCUT2D eigenvalue weighted by molar-refractivity contribution is -0.119. The molecule has 3 aromatic heterocycles. The summed E-state index contributed by atoms with van der Waals surface area (Å²) in [6, 6.07) is 6.95. The number of thioether (sulfide) groups is 1. The monoisotopic (exact) mass is 341 g/mol. The van der Waals surface area contributed by atoms with Crippen molar-refractivity contribution >= 4 is 17.7 Å². The van der Waals surface area contributed by atoms with E-state index in [2.05, 4.69) is 25.4 Å². The summed E-state index contributed by atoms with van der Waals surface area (Å²) in [4.78, 5) is 25.2. The molecule has 0 unspecified atom stereocenters. The van der Waals surface area contributed by atoms with Crippen LogP contribution in [0.15, 0.2) is 58.5 Å². The summed E-state index contributed by atoms with van der Waals surface area (Å²) in [5, 5.41) is 6.78. The number of nitrogens with one attached hydrogen (secondary N) is 1. The molecule has 0 fully saturated rings. The minimum Gasteiger partial charge on any atom is -0.344 e. The maximum Gasteiger partial charge on any atom is 0.249 e.